The topological polar surface area (TPSA) is 103 Å². The second kappa shape index (κ2) is 10.3. The van der Waals surface area contributed by atoms with E-state index in [2.05, 4.69) is 10.2 Å². The molecule has 0 spiro atoms. The molecule has 1 rings (SSSR count). The lowest BCUT2D eigenvalue weighted by atomic mass is 10.5. The van der Waals surface area contributed by atoms with Crippen molar-refractivity contribution < 1.29 is 23.9 Å². The van der Waals surface area contributed by atoms with E-state index in [0.29, 0.717) is 46.1 Å². The maximum atomic E-state index is 11.2. The van der Waals surface area contributed by atoms with E-state index in [1.54, 1.807) is 11.0 Å². The van der Waals surface area contributed by atoms with E-state index >= 15 is 0 Å². The van der Waals surface area contributed by atoms with Crippen molar-refractivity contribution in [3.05, 3.63) is 12.2 Å². The lowest BCUT2D eigenvalue weighted by molar-refractivity contribution is -0.126. The Morgan fingerprint density at radius 1 is 1.30 bits per heavy atom. The molecule has 0 atom stereocenters. The van der Waals surface area contributed by atoms with Gasteiger partial charge in [0.1, 0.15) is 6.61 Å². The van der Waals surface area contributed by atoms with Crippen molar-refractivity contribution in [1.29, 1.82) is 0 Å². The van der Waals surface area contributed by atoms with Crippen molar-refractivity contribution in [3.8, 4) is 0 Å². The number of amides is 2. The molecule has 0 fully saturated rings. The van der Waals surface area contributed by atoms with Crippen LogP contribution in [0.3, 0.4) is 0 Å². The highest BCUT2D eigenvalue weighted by Crippen LogP contribution is 1.99. The van der Waals surface area contributed by atoms with E-state index in [-0.39, 0.29) is 18.4 Å². The van der Waals surface area contributed by atoms with Gasteiger partial charge in [-0.15, -0.1) is 0 Å². The molecule has 20 heavy (non-hydrogen) atoms. The number of nitrogens with two attached hydrogens (primary N) is 1. The lowest BCUT2D eigenvalue weighted by Crippen LogP contribution is -2.32. The smallest absolute Gasteiger partial charge is 0.248 e. The number of carbonyl (C=O) groups excluding carboxylic acids is 2. The van der Waals surface area contributed by atoms with Crippen LogP contribution in [-0.4, -0.2) is 69.4 Å². The second-order valence-corrected chi connectivity index (χ2v) is 4.07. The summed E-state index contributed by atoms with van der Waals surface area (Å²) in [5.74, 6) is 4.49. The van der Waals surface area contributed by atoms with Gasteiger partial charge in [-0.2, -0.15) is 0 Å². The Morgan fingerprint density at radius 2 is 2.05 bits per heavy atom. The van der Waals surface area contributed by atoms with Crippen LogP contribution in [0.25, 0.3) is 0 Å². The Morgan fingerprint density at radius 3 is 2.70 bits per heavy atom. The first-order valence-corrected chi connectivity index (χ1v) is 6.43. The number of ether oxygens (including phenoxy) is 2. The maximum absolute atomic E-state index is 11.2. The van der Waals surface area contributed by atoms with E-state index < -0.39 is 0 Å². The fourth-order valence-electron chi connectivity index (χ4n) is 1.56. The molecule has 0 aromatic rings. The summed E-state index contributed by atoms with van der Waals surface area (Å²) in [4.78, 5) is 28.0. The van der Waals surface area contributed by atoms with Crippen LogP contribution in [0.15, 0.2) is 12.2 Å². The molecule has 114 valence electrons. The fraction of sp³-hybridized carbons (Fsp3) is 0.667. The quantitative estimate of drug-likeness (QED) is 0.351. The van der Waals surface area contributed by atoms with Crippen LogP contribution in [0.1, 0.15) is 0 Å². The Kier molecular flexibility index (Phi) is 8.56. The summed E-state index contributed by atoms with van der Waals surface area (Å²) in [6.45, 7) is 3.26. The summed E-state index contributed by atoms with van der Waals surface area (Å²) < 4.78 is 10.6. The molecule has 3 N–H and O–H groups in total. The third-order valence-corrected chi connectivity index (χ3v) is 2.56. The molecular formula is C12H21N3O5. The van der Waals surface area contributed by atoms with Crippen LogP contribution >= 0.6 is 0 Å². The van der Waals surface area contributed by atoms with Gasteiger partial charge in [-0.3, -0.25) is 14.4 Å². The average Bonchev–Trinajstić information content (AvgIpc) is 2.83. The molecule has 0 saturated heterocycles. The molecule has 0 bridgehead atoms. The first kappa shape index (κ1) is 16.6. The zero-order chi connectivity index (χ0) is 14.6. The first-order valence-electron chi connectivity index (χ1n) is 6.43. The Labute approximate surface area is 117 Å². The van der Waals surface area contributed by atoms with Gasteiger partial charge in [-0.05, 0) is 0 Å². The molecule has 0 aromatic carbocycles. The third-order valence-electron chi connectivity index (χ3n) is 2.56. The molecule has 8 heteroatoms. The van der Waals surface area contributed by atoms with Crippen LogP contribution in [0.4, 0.5) is 0 Å². The molecule has 0 saturated carbocycles. The van der Waals surface area contributed by atoms with E-state index in [1.807, 2.05) is 6.08 Å². The largest absolute Gasteiger partial charge is 0.377 e. The SMILES string of the molecule is NOCC(=O)NCCOCCOCCN1CC=CC1=O. The average molecular weight is 287 g/mol. The number of hydrogen-bond acceptors (Lipinski definition) is 6. The minimum Gasteiger partial charge on any atom is -0.377 e. The molecule has 1 heterocycles. The second-order valence-electron chi connectivity index (χ2n) is 4.07. The summed E-state index contributed by atoms with van der Waals surface area (Å²) in [6.07, 6.45) is 3.39. The molecule has 2 amide bonds. The number of nitrogens with one attached hydrogen (secondary N) is 1. The van der Waals surface area contributed by atoms with Crippen molar-refractivity contribution in [2.24, 2.45) is 5.90 Å². The van der Waals surface area contributed by atoms with E-state index in [9.17, 15) is 9.59 Å². The van der Waals surface area contributed by atoms with Crippen molar-refractivity contribution in [3.63, 3.8) is 0 Å². The van der Waals surface area contributed by atoms with Gasteiger partial charge in [0.2, 0.25) is 11.8 Å². The first-order chi connectivity index (χ1) is 9.74. The van der Waals surface area contributed by atoms with Crippen molar-refractivity contribution >= 4 is 11.8 Å². The molecule has 0 unspecified atom stereocenters. The van der Waals surface area contributed by atoms with Gasteiger partial charge in [-0.25, -0.2) is 5.90 Å². The van der Waals surface area contributed by atoms with Gasteiger partial charge in [-0.1, -0.05) is 6.08 Å². The zero-order valence-corrected chi connectivity index (χ0v) is 11.4. The Hall–Kier alpha value is -1.48. The lowest BCUT2D eigenvalue weighted by Gasteiger charge is -2.15. The van der Waals surface area contributed by atoms with Crippen LogP contribution < -0.4 is 11.2 Å². The van der Waals surface area contributed by atoms with E-state index in [4.69, 9.17) is 15.4 Å². The summed E-state index contributed by atoms with van der Waals surface area (Å²) in [7, 11) is 0. The maximum Gasteiger partial charge on any atom is 0.248 e. The highest BCUT2D eigenvalue weighted by Gasteiger charge is 2.13. The molecule has 8 nitrogen and oxygen atoms in total. The fourth-order valence-corrected chi connectivity index (χ4v) is 1.56. The van der Waals surface area contributed by atoms with Gasteiger partial charge < -0.3 is 19.7 Å². The third kappa shape index (κ3) is 7.19. The van der Waals surface area contributed by atoms with Crippen LogP contribution in [-0.2, 0) is 23.9 Å². The predicted octanol–water partition coefficient (Wildman–Crippen LogP) is -1.58. The summed E-state index contributed by atoms with van der Waals surface area (Å²) in [6, 6.07) is 0. The molecule has 1 aliphatic rings. The van der Waals surface area contributed by atoms with E-state index in [0.717, 1.165) is 0 Å². The van der Waals surface area contributed by atoms with Crippen molar-refractivity contribution in [2.75, 3.05) is 52.7 Å². The minimum absolute atomic E-state index is 0.0297. The van der Waals surface area contributed by atoms with Gasteiger partial charge in [0.25, 0.3) is 0 Å². The van der Waals surface area contributed by atoms with Gasteiger partial charge >= 0.3 is 0 Å². The molecular weight excluding hydrogens is 266 g/mol. The van der Waals surface area contributed by atoms with Crippen molar-refractivity contribution in [2.45, 2.75) is 0 Å². The zero-order valence-electron chi connectivity index (χ0n) is 11.4. The Bertz CT molecular complexity index is 335. The predicted molar refractivity (Wildman–Crippen MR) is 70.5 cm³/mol. The highest BCUT2D eigenvalue weighted by molar-refractivity contribution is 5.89. The van der Waals surface area contributed by atoms with Crippen molar-refractivity contribution in [1.82, 2.24) is 10.2 Å². The molecule has 0 radical (unpaired) electrons. The molecule has 0 aliphatic carbocycles. The van der Waals surface area contributed by atoms with Gasteiger partial charge in [0.05, 0.1) is 26.4 Å². The summed E-state index contributed by atoms with van der Waals surface area (Å²) in [5.41, 5.74) is 0. The summed E-state index contributed by atoms with van der Waals surface area (Å²) >= 11 is 0. The monoisotopic (exact) mass is 287 g/mol. The van der Waals surface area contributed by atoms with Crippen LogP contribution in [0, 0.1) is 0 Å². The number of hydrogen-bond donors (Lipinski definition) is 2. The molecule has 0 aromatic heterocycles. The number of nitrogens with zero attached hydrogens (tertiary/aromatic N) is 1. The Balaban J connectivity index is 1.81. The van der Waals surface area contributed by atoms with Gasteiger partial charge in [0.15, 0.2) is 0 Å². The summed E-state index contributed by atoms with van der Waals surface area (Å²) in [5, 5.41) is 2.57. The van der Waals surface area contributed by atoms with Crippen LogP contribution in [0.2, 0.25) is 0 Å². The normalized spacial score (nSPS) is 14.1. The van der Waals surface area contributed by atoms with Crippen LogP contribution in [0.5, 0.6) is 0 Å². The highest BCUT2D eigenvalue weighted by atomic mass is 16.6. The standard InChI is InChI=1S/C12H21N3O5/c13-20-10-11(16)14-3-6-18-8-9-19-7-5-15-4-1-2-12(15)17/h1-2H,3-10,13H2,(H,14,16). The molecule has 1 aliphatic heterocycles. The van der Waals surface area contributed by atoms with Gasteiger partial charge in [0, 0.05) is 25.7 Å². The number of carbonyl (C=O) groups is 2. The van der Waals surface area contributed by atoms with E-state index in [1.165, 1.54) is 0 Å². The number of rotatable bonds is 11. The minimum atomic E-state index is -0.281.